The summed E-state index contributed by atoms with van der Waals surface area (Å²) in [4.78, 5) is 25.0. The summed E-state index contributed by atoms with van der Waals surface area (Å²) in [5.74, 6) is -2.99. The van der Waals surface area contributed by atoms with E-state index in [9.17, 15) is 4.79 Å². The number of halogens is 3. The fourth-order valence-electron chi connectivity index (χ4n) is 5.01. The van der Waals surface area contributed by atoms with Gasteiger partial charge in [0.15, 0.2) is 29.0 Å². The van der Waals surface area contributed by atoms with Crippen LogP contribution in [0.1, 0.15) is 6.92 Å². The minimum absolute atomic E-state index is 0.0125. The molecule has 5 rings (SSSR count). The van der Waals surface area contributed by atoms with Gasteiger partial charge in [-0.1, -0.05) is 13.5 Å². The van der Waals surface area contributed by atoms with Gasteiger partial charge in [-0.15, -0.1) is 0 Å². The predicted octanol–water partition coefficient (Wildman–Crippen LogP) is 5.74. The summed E-state index contributed by atoms with van der Waals surface area (Å²) in [6.07, 6.45) is 4.01. The second-order valence-electron chi connectivity index (χ2n) is 9.83. The van der Waals surface area contributed by atoms with Crippen LogP contribution >= 0.6 is 0 Å². The number of carbonyl (C=O) groups excluding carboxylic acids is 1. The van der Waals surface area contributed by atoms with Crippen molar-refractivity contribution in [1.82, 2.24) is 14.9 Å². The molecular weight excluding hydrogens is 561 g/mol. The Bertz CT molecular complexity index is 1660. The molecule has 0 spiro atoms. The Balaban J connectivity index is 1.50. The summed E-state index contributed by atoms with van der Waals surface area (Å²) in [7, 11) is 2.54. The molecule has 9 nitrogen and oxygen atoms in total. The van der Waals surface area contributed by atoms with E-state index in [1.54, 1.807) is 18.2 Å². The van der Waals surface area contributed by atoms with Crippen LogP contribution in [0.15, 0.2) is 55.4 Å². The van der Waals surface area contributed by atoms with Crippen LogP contribution in [0.2, 0.25) is 0 Å². The topological polar surface area (TPSA) is 91.9 Å². The number of methoxy groups -OCH3 is 2. The molecular formula is C31H31F3N6O3. The van der Waals surface area contributed by atoms with Gasteiger partial charge in [0, 0.05) is 55.4 Å². The largest absolute Gasteiger partial charge is 0.494 e. The molecule has 1 fully saturated rings. The molecule has 1 amide bonds. The monoisotopic (exact) mass is 592 g/mol. The lowest BCUT2D eigenvalue weighted by Crippen LogP contribution is -2.46. The number of piperazine rings is 1. The molecule has 0 saturated carbocycles. The highest BCUT2D eigenvalue weighted by atomic mass is 19.1. The molecule has 1 aliphatic heterocycles. The lowest BCUT2D eigenvalue weighted by molar-refractivity contribution is -0.111. The van der Waals surface area contributed by atoms with E-state index in [4.69, 9.17) is 9.47 Å². The van der Waals surface area contributed by atoms with Crippen molar-refractivity contribution in [1.29, 1.82) is 0 Å². The number of benzene rings is 2. The number of fused-ring (bicyclic) bond motifs is 1. The molecule has 0 bridgehead atoms. The van der Waals surface area contributed by atoms with Crippen LogP contribution in [0.5, 0.6) is 11.5 Å². The normalized spacial score (nSPS) is 13.6. The maximum Gasteiger partial charge on any atom is 0.247 e. The molecule has 2 aromatic heterocycles. The molecule has 2 N–H and O–H groups in total. The Morgan fingerprint density at radius 1 is 0.953 bits per heavy atom. The van der Waals surface area contributed by atoms with Crippen LogP contribution < -0.4 is 25.0 Å². The molecule has 0 unspecified atom stereocenters. The molecule has 224 valence electrons. The SMILES string of the molecule is C=CC(=O)Nc1ccc(N2CCN(CC)CC2)c(F)c1Nc1cc2cnc(-c3c(F)c(OC)cc(OC)c3F)cc2cn1. The van der Waals surface area contributed by atoms with Gasteiger partial charge in [-0.3, -0.25) is 9.78 Å². The summed E-state index contributed by atoms with van der Waals surface area (Å²) < 4.78 is 56.3. The average molecular weight is 593 g/mol. The van der Waals surface area contributed by atoms with Crippen LogP contribution in [0.4, 0.5) is 36.1 Å². The Kier molecular flexibility index (Phi) is 8.67. The second kappa shape index (κ2) is 12.6. The van der Waals surface area contributed by atoms with Gasteiger partial charge in [-0.25, -0.2) is 18.2 Å². The highest BCUT2D eigenvalue weighted by Crippen LogP contribution is 2.38. The van der Waals surface area contributed by atoms with Gasteiger partial charge >= 0.3 is 0 Å². The van der Waals surface area contributed by atoms with Gasteiger partial charge in [0.25, 0.3) is 0 Å². The molecule has 4 aromatic rings. The van der Waals surface area contributed by atoms with E-state index < -0.39 is 28.9 Å². The van der Waals surface area contributed by atoms with Crippen molar-refractivity contribution in [2.75, 3.05) is 62.5 Å². The Morgan fingerprint density at radius 3 is 2.23 bits per heavy atom. The summed E-state index contributed by atoms with van der Waals surface area (Å²) in [5.41, 5.74) is 0.265. The molecule has 2 aromatic carbocycles. The zero-order valence-corrected chi connectivity index (χ0v) is 24.0. The van der Waals surface area contributed by atoms with Crippen molar-refractivity contribution in [3.05, 3.63) is 72.8 Å². The number of hydrogen-bond acceptors (Lipinski definition) is 8. The number of nitrogens with one attached hydrogen (secondary N) is 2. The zero-order valence-electron chi connectivity index (χ0n) is 24.0. The van der Waals surface area contributed by atoms with E-state index in [0.29, 0.717) is 29.5 Å². The van der Waals surface area contributed by atoms with Crippen molar-refractivity contribution in [3.63, 3.8) is 0 Å². The third-order valence-electron chi connectivity index (χ3n) is 7.41. The van der Waals surface area contributed by atoms with Crippen molar-refractivity contribution in [2.45, 2.75) is 6.92 Å². The quantitative estimate of drug-likeness (QED) is 0.238. The van der Waals surface area contributed by atoms with Crippen LogP contribution in [0, 0.1) is 17.5 Å². The molecule has 1 aliphatic rings. The van der Waals surface area contributed by atoms with Crippen molar-refractivity contribution in [3.8, 4) is 22.8 Å². The van der Waals surface area contributed by atoms with E-state index in [0.717, 1.165) is 31.8 Å². The van der Waals surface area contributed by atoms with Gasteiger partial charge in [0.2, 0.25) is 5.91 Å². The summed E-state index contributed by atoms with van der Waals surface area (Å²) in [6, 6.07) is 7.51. The van der Waals surface area contributed by atoms with Crippen LogP contribution in [0.3, 0.4) is 0 Å². The minimum Gasteiger partial charge on any atom is -0.494 e. The second-order valence-corrected chi connectivity index (χ2v) is 9.83. The zero-order chi connectivity index (χ0) is 30.7. The molecule has 3 heterocycles. The van der Waals surface area contributed by atoms with E-state index >= 15 is 13.2 Å². The number of ether oxygens (including phenoxy) is 2. The predicted molar refractivity (Wildman–Crippen MR) is 161 cm³/mol. The van der Waals surface area contributed by atoms with Crippen LogP contribution in [-0.4, -0.2) is 67.7 Å². The minimum atomic E-state index is -0.917. The highest BCUT2D eigenvalue weighted by molar-refractivity contribution is 6.02. The fourth-order valence-corrected chi connectivity index (χ4v) is 5.01. The lowest BCUT2D eigenvalue weighted by atomic mass is 10.1. The molecule has 43 heavy (non-hydrogen) atoms. The number of amides is 1. The fraction of sp³-hybridized carbons (Fsp3) is 0.258. The van der Waals surface area contributed by atoms with E-state index in [1.165, 1.54) is 32.7 Å². The van der Waals surface area contributed by atoms with Crippen LogP contribution in [0.25, 0.3) is 22.0 Å². The number of rotatable bonds is 9. The summed E-state index contributed by atoms with van der Waals surface area (Å²) in [5, 5.41) is 6.74. The average Bonchev–Trinajstić information content (AvgIpc) is 3.03. The number of anilines is 4. The standard InChI is InChI=1S/C31H31F3N6O3/c1-5-26(41)37-20-7-8-22(40-11-9-39(6-2)10-12-40)28(32)31(20)38-25-14-19-16-35-21(13-18(19)17-36-25)27-29(33)23(42-3)15-24(43-4)30(27)34/h5,7-8,13-17H,1,6,9-12H2,2-4H3,(H,36,38)(H,37,41). The first-order chi connectivity index (χ1) is 20.8. The third-order valence-corrected chi connectivity index (χ3v) is 7.41. The number of hydrogen-bond donors (Lipinski definition) is 2. The van der Waals surface area contributed by atoms with Gasteiger partial charge in [0.05, 0.1) is 36.9 Å². The van der Waals surface area contributed by atoms with Crippen molar-refractivity contribution >= 4 is 39.6 Å². The van der Waals surface area contributed by atoms with Gasteiger partial charge < -0.3 is 29.9 Å². The van der Waals surface area contributed by atoms with Gasteiger partial charge in [-0.2, -0.15) is 0 Å². The Morgan fingerprint density at radius 2 is 1.60 bits per heavy atom. The highest BCUT2D eigenvalue weighted by Gasteiger charge is 2.24. The molecule has 0 atom stereocenters. The number of likely N-dealkylation sites (N-methyl/N-ethyl adjacent to an activating group) is 1. The summed E-state index contributed by atoms with van der Waals surface area (Å²) >= 11 is 0. The van der Waals surface area contributed by atoms with Crippen molar-refractivity contribution < 1.29 is 27.4 Å². The molecule has 0 radical (unpaired) electrons. The third kappa shape index (κ3) is 5.91. The Hall–Kier alpha value is -4.84. The first kappa shape index (κ1) is 29.6. The lowest BCUT2D eigenvalue weighted by Gasteiger charge is -2.36. The van der Waals surface area contributed by atoms with Gasteiger partial charge in [-0.05, 0) is 36.9 Å². The maximum atomic E-state index is 16.1. The Labute approximate surface area is 246 Å². The maximum absolute atomic E-state index is 16.1. The van der Waals surface area contributed by atoms with E-state index in [-0.39, 0.29) is 34.4 Å². The summed E-state index contributed by atoms with van der Waals surface area (Å²) in [6.45, 7) is 9.43. The number of nitrogens with zero attached hydrogens (tertiary/aromatic N) is 4. The molecule has 0 aliphatic carbocycles. The smallest absolute Gasteiger partial charge is 0.247 e. The van der Waals surface area contributed by atoms with E-state index in [2.05, 4.69) is 39.0 Å². The van der Waals surface area contributed by atoms with Crippen molar-refractivity contribution in [2.24, 2.45) is 0 Å². The van der Waals surface area contributed by atoms with E-state index in [1.807, 2.05) is 4.90 Å². The first-order valence-corrected chi connectivity index (χ1v) is 13.6. The van der Waals surface area contributed by atoms with Crippen LogP contribution in [-0.2, 0) is 4.79 Å². The number of pyridine rings is 2. The first-order valence-electron chi connectivity index (χ1n) is 13.6. The molecule has 12 heteroatoms. The number of carbonyl (C=O) groups is 1. The number of aromatic nitrogens is 2. The van der Waals surface area contributed by atoms with Gasteiger partial charge in [0.1, 0.15) is 11.5 Å². The molecule has 1 saturated heterocycles.